The molecule has 1 rings (SSSR count). The van der Waals surface area contributed by atoms with Crippen LogP contribution in [-0.4, -0.2) is 37.7 Å². The first kappa shape index (κ1) is 17.0. The van der Waals surface area contributed by atoms with E-state index in [4.69, 9.17) is 4.74 Å². The van der Waals surface area contributed by atoms with Crippen LogP contribution in [0.5, 0.6) is 0 Å². The fourth-order valence-electron chi connectivity index (χ4n) is 3.03. The Morgan fingerprint density at radius 1 is 0.895 bits per heavy atom. The first-order valence-corrected chi connectivity index (χ1v) is 8.50. The molecule has 1 aliphatic heterocycles. The standard InChI is InChI=1S/C17H35NO/c1-4-6-8-10-17(3,9-7-5-2)11-12-18-13-15-19-16-14-18/h4-16H2,1-3H3. The second-order valence-corrected chi connectivity index (χ2v) is 6.58. The quantitative estimate of drug-likeness (QED) is 0.542. The van der Waals surface area contributed by atoms with Gasteiger partial charge in [0.25, 0.3) is 0 Å². The van der Waals surface area contributed by atoms with Gasteiger partial charge in [0.05, 0.1) is 13.2 Å². The van der Waals surface area contributed by atoms with Crippen molar-refractivity contribution in [3.63, 3.8) is 0 Å². The molecule has 0 radical (unpaired) electrons. The van der Waals surface area contributed by atoms with E-state index >= 15 is 0 Å². The van der Waals surface area contributed by atoms with Gasteiger partial charge < -0.3 is 4.74 Å². The van der Waals surface area contributed by atoms with E-state index in [1.165, 1.54) is 57.9 Å². The fourth-order valence-corrected chi connectivity index (χ4v) is 3.03. The lowest BCUT2D eigenvalue weighted by Gasteiger charge is -2.34. The van der Waals surface area contributed by atoms with Crippen LogP contribution in [0, 0.1) is 5.41 Å². The smallest absolute Gasteiger partial charge is 0.0594 e. The summed E-state index contributed by atoms with van der Waals surface area (Å²) in [6, 6.07) is 0. The molecule has 0 aromatic carbocycles. The van der Waals surface area contributed by atoms with E-state index < -0.39 is 0 Å². The van der Waals surface area contributed by atoms with E-state index in [0.29, 0.717) is 5.41 Å². The molecule has 0 bridgehead atoms. The van der Waals surface area contributed by atoms with Crippen LogP contribution in [0.1, 0.15) is 72.1 Å². The lowest BCUT2D eigenvalue weighted by molar-refractivity contribution is 0.0304. The molecule has 1 aliphatic rings. The van der Waals surface area contributed by atoms with Crippen LogP contribution in [0.15, 0.2) is 0 Å². The van der Waals surface area contributed by atoms with Gasteiger partial charge in [-0.15, -0.1) is 0 Å². The number of hydrogen-bond donors (Lipinski definition) is 0. The number of morpholine rings is 1. The van der Waals surface area contributed by atoms with E-state index in [2.05, 4.69) is 25.7 Å². The van der Waals surface area contributed by atoms with Gasteiger partial charge in [-0.2, -0.15) is 0 Å². The summed E-state index contributed by atoms with van der Waals surface area (Å²) in [7, 11) is 0. The number of nitrogens with zero attached hydrogens (tertiary/aromatic N) is 1. The molecule has 1 atom stereocenters. The third-order valence-electron chi connectivity index (χ3n) is 4.65. The molecular formula is C17H35NO. The Morgan fingerprint density at radius 2 is 1.53 bits per heavy atom. The predicted octanol–water partition coefficient (Wildman–Crippen LogP) is 4.49. The highest BCUT2D eigenvalue weighted by Gasteiger charge is 2.24. The molecule has 1 unspecified atom stereocenters. The monoisotopic (exact) mass is 269 g/mol. The van der Waals surface area contributed by atoms with Gasteiger partial charge in [-0.25, -0.2) is 0 Å². The van der Waals surface area contributed by atoms with Gasteiger partial charge in [-0.3, -0.25) is 4.90 Å². The Hall–Kier alpha value is -0.0800. The summed E-state index contributed by atoms with van der Waals surface area (Å²) in [4.78, 5) is 2.59. The summed E-state index contributed by atoms with van der Waals surface area (Å²) in [6.45, 7) is 12.6. The third kappa shape index (κ3) is 7.31. The van der Waals surface area contributed by atoms with Crippen molar-refractivity contribution >= 4 is 0 Å². The van der Waals surface area contributed by atoms with Crippen molar-refractivity contribution in [1.29, 1.82) is 0 Å². The minimum atomic E-state index is 0.573. The van der Waals surface area contributed by atoms with Gasteiger partial charge in [-0.1, -0.05) is 52.9 Å². The molecule has 1 heterocycles. The molecule has 2 nitrogen and oxygen atoms in total. The number of unbranched alkanes of at least 4 members (excludes halogenated alkanes) is 3. The Labute approximate surface area is 120 Å². The fraction of sp³-hybridized carbons (Fsp3) is 1.00. The summed E-state index contributed by atoms with van der Waals surface area (Å²) in [6.07, 6.45) is 11.1. The molecule has 0 aromatic rings. The third-order valence-corrected chi connectivity index (χ3v) is 4.65. The summed E-state index contributed by atoms with van der Waals surface area (Å²) in [5, 5.41) is 0. The first-order valence-electron chi connectivity index (χ1n) is 8.50. The molecule has 1 saturated heterocycles. The van der Waals surface area contributed by atoms with Crippen molar-refractivity contribution in [3.8, 4) is 0 Å². The molecule has 2 heteroatoms. The van der Waals surface area contributed by atoms with Crippen LogP contribution in [0.4, 0.5) is 0 Å². The molecule has 114 valence electrons. The van der Waals surface area contributed by atoms with E-state index in [1.807, 2.05) is 0 Å². The van der Waals surface area contributed by atoms with Crippen molar-refractivity contribution in [1.82, 2.24) is 4.90 Å². The maximum atomic E-state index is 5.43. The molecular weight excluding hydrogens is 234 g/mol. The largest absolute Gasteiger partial charge is 0.379 e. The highest BCUT2D eigenvalue weighted by Crippen LogP contribution is 2.34. The van der Waals surface area contributed by atoms with Crippen LogP contribution in [0.3, 0.4) is 0 Å². The van der Waals surface area contributed by atoms with Crippen molar-refractivity contribution in [2.24, 2.45) is 5.41 Å². The number of hydrogen-bond acceptors (Lipinski definition) is 2. The van der Waals surface area contributed by atoms with Gasteiger partial charge in [0.1, 0.15) is 0 Å². The molecule has 1 fully saturated rings. The summed E-state index contributed by atoms with van der Waals surface area (Å²) in [5.74, 6) is 0. The van der Waals surface area contributed by atoms with Gasteiger partial charge in [0.2, 0.25) is 0 Å². The van der Waals surface area contributed by atoms with Crippen LogP contribution in [-0.2, 0) is 4.74 Å². The Morgan fingerprint density at radius 3 is 2.16 bits per heavy atom. The van der Waals surface area contributed by atoms with E-state index in [9.17, 15) is 0 Å². The average molecular weight is 269 g/mol. The molecule has 0 aromatic heterocycles. The van der Waals surface area contributed by atoms with Crippen LogP contribution < -0.4 is 0 Å². The van der Waals surface area contributed by atoms with E-state index in [0.717, 1.165) is 26.3 Å². The minimum absolute atomic E-state index is 0.573. The summed E-state index contributed by atoms with van der Waals surface area (Å²) in [5.41, 5.74) is 0.573. The maximum Gasteiger partial charge on any atom is 0.0594 e. The second kappa shape index (κ2) is 9.77. The maximum absolute atomic E-state index is 5.43. The molecule has 0 amide bonds. The van der Waals surface area contributed by atoms with Crippen molar-refractivity contribution in [3.05, 3.63) is 0 Å². The lowest BCUT2D eigenvalue weighted by atomic mass is 9.77. The van der Waals surface area contributed by atoms with Crippen molar-refractivity contribution in [2.45, 2.75) is 72.1 Å². The topological polar surface area (TPSA) is 12.5 Å². The predicted molar refractivity (Wildman–Crippen MR) is 83.7 cm³/mol. The normalized spacial score (nSPS) is 20.4. The van der Waals surface area contributed by atoms with Gasteiger partial charge >= 0.3 is 0 Å². The Bertz CT molecular complexity index is 213. The van der Waals surface area contributed by atoms with Gasteiger partial charge in [-0.05, 0) is 31.2 Å². The lowest BCUT2D eigenvalue weighted by Crippen LogP contribution is -2.38. The van der Waals surface area contributed by atoms with Gasteiger partial charge in [0, 0.05) is 13.1 Å². The molecule has 0 N–H and O–H groups in total. The zero-order chi connectivity index (χ0) is 14.0. The summed E-state index contributed by atoms with van der Waals surface area (Å²) < 4.78 is 5.43. The molecule has 0 spiro atoms. The zero-order valence-corrected chi connectivity index (χ0v) is 13.5. The molecule has 0 saturated carbocycles. The van der Waals surface area contributed by atoms with Crippen molar-refractivity contribution in [2.75, 3.05) is 32.8 Å². The number of rotatable bonds is 10. The van der Waals surface area contributed by atoms with Crippen molar-refractivity contribution < 1.29 is 4.74 Å². The SMILES string of the molecule is CCCCCC(C)(CCCC)CCN1CCOCC1. The highest BCUT2D eigenvalue weighted by atomic mass is 16.5. The second-order valence-electron chi connectivity index (χ2n) is 6.58. The van der Waals surface area contributed by atoms with Crippen LogP contribution in [0.2, 0.25) is 0 Å². The van der Waals surface area contributed by atoms with E-state index in [-0.39, 0.29) is 0 Å². The Kier molecular flexibility index (Phi) is 8.72. The number of ether oxygens (including phenoxy) is 1. The Balaban J connectivity index is 2.33. The molecule has 0 aliphatic carbocycles. The highest BCUT2D eigenvalue weighted by molar-refractivity contribution is 4.77. The summed E-state index contributed by atoms with van der Waals surface area (Å²) >= 11 is 0. The zero-order valence-electron chi connectivity index (χ0n) is 13.5. The molecule has 19 heavy (non-hydrogen) atoms. The first-order chi connectivity index (χ1) is 9.20. The van der Waals surface area contributed by atoms with E-state index in [1.54, 1.807) is 0 Å². The average Bonchev–Trinajstić information content (AvgIpc) is 2.45. The van der Waals surface area contributed by atoms with Crippen LogP contribution >= 0.6 is 0 Å². The van der Waals surface area contributed by atoms with Gasteiger partial charge in [0.15, 0.2) is 0 Å². The minimum Gasteiger partial charge on any atom is -0.379 e. The van der Waals surface area contributed by atoms with Crippen LogP contribution in [0.25, 0.3) is 0 Å².